The normalized spacial score (nSPS) is 15.9. The second-order valence-corrected chi connectivity index (χ2v) is 47.3. The molecule has 36 nitrogen and oxygen atoms in total. The van der Waals surface area contributed by atoms with Crippen LogP contribution in [0.25, 0.3) is 0 Å². The highest BCUT2D eigenvalue weighted by molar-refractivity contribution is 5.88. The number of carbonyl (C=O) groups is 10. The molecule has 3 atom stereocenters. The highest BCUT2D eigenvalue weighted by Crippen LogP contribution is 2.27. The monoisotopic (exact) mass is 1990 g/mol. The van der Waals surface area contributed by atoms with E-state index in [4.69, 9.17) is 52.8 Å². The van der Waals surface area contributed by atoms with E-state index in [1.165, 1.54) is 0 Å². The van der Waals surface area contributed by atoms with Gasteiger partial charge in [0.15, 0.2) is 0 Å². The van der Waals surface area contributed by atoms with Crippen molar-refractivity contribution >= 4 is 71.6 Å². The number of aromatic nitrogens is 7. The molecule has 802 valence electrons. The molecule has 1 aromatic carbocycles. The number of nitrogens with one attached hydrogen (secondary N) is 4. The predicted molar refractivity (Wildman–Crippen MR) is 550 cm³/mol. The van der Waals surface area contributed by atoms with Gasteiger partial charge in [0.05, 0.1) is 32.7 Å². The van der Waals surface area contributed by atoms with Crippen LogP contribution in [0.4, 0.5) is 16.7 Å². The van der Waals surface area contributed by atoms with E-state index < -0.39 is 80.8 Å². The van der Waals surface area contributed by atoms with Crippen molar-refractivity contribution in [3.63, 3.8) is 0 Å². The van der Waals surface area contributed by atoms with Crippen molar-refractivity contribution in [2.45, 2.75) is 398 Å². The number of nitrogens with zero attached hydrogens (tertiary/aromatic N) is 14. The Morgan fingerprint density at radius 2 is 0.817 bits per heavy atom. The third-order valence-corrected chi connectivity index (χ3v) is 22.5. The standard InChI is InChI=1S/C106H180N18O18/c1-98(2,3)77-120-60-59-117(72-88(127)136-100(7,8)9)57-58-118(73-89(128)137-101(10,11)12)63-66-122(74-90(129)138-102(13,14)15)80(69-120)67-78-43-45-79(46-44-78)68-83-113-95(110-50-37-34-40-54-119(70-84-107-51-55-123(84)75-91(130)139-103(16,17)18)71-85-108-52-56-124(85)76-92(131)140-104(19,20)21)115-96(114-83)121-64-61-116(62-65-121)53-39-33-31-29-28-30-32-35-42-86(125)109-49-38-36-41-81(93(132)141-105(22,23)24)111-97(134)112-82(94(133)142-106(25,26)27)47-48-87(126)135-99(4,5)6/h43-46,51-52,55-56,80-82H,28-42,47-50,53-54,57-77H2,1-27H3,(H,109,125)(H2,111,112,134)(H,110,113,114,115)/t80?,81-,82-/m0/s1. The maximum atomic E-state index is 14.2. The lowest BCUT2D eigenvalue weighted by molar-refractivity contribution is -0.160. The molecule has 2 fully saturated rings. The Labute approximate surface area is 848 Å². The number of benzene rings is 1. The number of esters is 8. The minimum Gasteiger partial charge on any atom is -0.460 e. The minimum absolute atomic E-state index is 0.00230. The maximum Gasteiger partial charge on any atom is 0.329 e. The van der Waals surface area contributed by atoms with Crippen molar-refractivity contribution in [3.05, 3.63) is 77.7 Å². The lowest BCUT2D eigenvalue weighted by Gasteiger charge is -2.40. The molecule has 0 radical (unpaired) electrons. The lowest BCUT2D eigenvalue weighted by atomic mass is 9.95. The van der Waals surface area contributed by atoms with Crippen LogP contribution in [0, 0.1) is 5.41 Å². The van der Waals surface area contributed by atoms with Crippen LogP contribution in [0.5, 0.6) is 0 Å². The molecular formula is C106H180N18O18. The van der Waals surface area contributed by atoms with Gasteiger partial charge in [-0.1, -0.05) is 90.0 Å². The molecule has 6 rings (SSSR count). The highest BCUT2D eigenvalue weighted by Gasteiger charge is 2.36. The fraction of sp³-hybridized carbons (Fsp3) is 0.764. The number of carbonyl (C=O) groups excluding carboxylic acids is 10. The Hall–Kier alpha value is -9.49. The first-order valence-corrected chi connectivity index (χ1v) is 51.8. The van der Waals surface area contributed by atoms with E-state index in [1.54, 1.807) is 87.1 Å². The molecule has 2 aliphatic rings. The van der Waals surface area contributed by atoms with Crippen molar-refractivity contribution < 1.29 is 85.8 Å². The molecule has 0 saturated carbocycles. The van der Waals surface area contributed by atoms with Crippen LogP contribution < -0.4 is 26.2 Å². The largest absolute Gasteiger partial charge is 0.460 e. The fourth-order valence-corrected chi connectivity index (χ4v) is 16.5. The molecule has 3 aromatic heterocycles. The van der Waals surface area contributed by atoms with Crippen LogP contribution in [-0.4, -0.2) is 310 Å². The second kappa shape index (κ2) is 56.8. The molecule has 4 N–H and O–H groups in total. The SMILES string of the molecule is CC(C)(C)CN1CCN(CC(=O)OC(C)(C)C)CCN(CC(=O)OC(C)(C)C)CCN(CC(=O)OC(C)(C)C)C(Cc2ccc(Cc3nc(NCCCCCN(Cc4nccn4CC(=O)OC(C)(C)C)Cc4nccn4CC(=O)OC(C)(C)C)nc(N4CCN(CCCCCCCCCCC(=O)NCCCC[C@H](NC(=O)N[C@@H](CCC(=O)OC(C)(C)C)C(=O)OC(C)(C)C)C(=O)OC(C)(C)C)CC4)n3)cc2)C1. The Balaban J connectivity index is 1.12. The van der Waals surface area contributed by atoms with Gasteiger partial charge in [-0.15, -0.1) is 0 Å². The average molecular weight is 1990 g/mol. The van der Waals surface area contributed by atoms with E-state index in [0.717, 1.165) is 121 Å². The average Bonchev–Trinajstić information content (AvgIpc) is 1.12. The summed E-state index contributed by atoms with van der Waals surface area (Å²) in [5, 5.41) is 11.9. The van der Waals surface area contributed by atoms with Crippen LogP contribution in [0.1, 0.15) is 325 Å². The summed E-state index contributed by atoms with van der Waals surface area (Å²) in [4.78, 5) is 174. The Kier molecular flexibility index (Phi) is 48.5. The number of rotatable bonds is 50. The molecule has 3 amide bonds. The molecule has 2 aliphatic heterocycles. The van der Waals surface area contributed by atoms with E-state index in [-0.39, 0.29) is 99.2 Å². The number of amides is 3. The van der Waals surface area contributed by atoms with Crippen molar-refractivity contribution in [2.75, 3.05) is 135 Å². The molecule has 0 spiro atoms. The third kappa shape index (κ3) is 53.9. The summed E-state index contributed by atoms with van der Waals surface area (Å²) >= 11 is 0. The van der Waals surface area contributed by atoms with Gasteiger partial charge in [0.25, 0.3) is 0 Å². The van der Waals surface area contributed by atoms with E-state index in [1.807, 2.05) is 113 Å². The Morgan fingerprint density at radius 3 is 1.30 bits per heavy atom. The van der Waals surface area contributed by atoms with E-state index >= 15 is 0 Å². The molecule has 0 aliphatic carbocycles. The van der Waals surface area contributed by atoms with E-state index in [0.29, 0.717) is 140 Å². The minimum atomic E-state index is -1.21. The van der Waals surface area contributed by atoms with E-state index in [2.05, 4.69) is 111 Å². The first-order chi connectivity index (χ1) is 66.0. The molecule has 2 saturated heterocycles. The first kappa shape index (κ1) is 121. The predicted octanol–water partition coefficient (Wildman–Crippen LogP) is 13.8. The smallest absolute Gasteiger partial charge is 0.329 e. The quantitative estimate of drug-likeness (QED) is 0.0181. The van der Waals surface area contributed by atoms with Crippen molar-refractivity contribution in [3.8, 4) is 0 Å². The number of hydrogen-bond acceptors (Lipinski definition) is 31. The summed E-state index contributed by atoms with van der Waals surface area (Å²) in [7, 11) is 0. The zero-order valence-corrected chi connectivity index (χ0v) is 91.7. The van der Waals surface area contributed by atoms with Gasteiger partial charge in [-0.3, -0.25) is 63.0 Å². The number of urea groups is 1. The zero-order valence-electron chi connectivity index (χ0n) is 91.7. The number of imidazole rings is 2. The molecule has 142 heavy (non-hydrogen) atoms. The van der Waals surface area contributed by atoms with Gasteiger partial charge >= 0.3 is 53.8 Å². The molecule has 4 aromatic rings. The maximum absolute atomic E-state index is 14.2. The van der Waals surface area contributed by atoms with Gasteiger partial charge in [-0.2, -0.15) is 15.0 Å². The number of piperazine rings is 1. The number of hydrogen-bond donors (Lipinski definition) is 4. The molecule has 36 heteroatoms. The Bertz CT molecular complexity index is 4470. The van der Waals surface area contributed by atoms with E-state index in [9.17, 15) is 47.9 Å². The summed E-state index contributed by atoms with van der Waals surface area (Å²) < 4.78 is 49.5. The summed E-state index contributed by atoms with van der Waals surface area (Å²) in [6.45, 7) is 61.1. The summed E-state index contributed by atoms with van der Waals surface area (Å²) in [5.74, 6) is -0.602. The number of unbranched alkanes of at least 4 members (excludes halogenated alkanes) is 10. The molecule has 5 heterocycles. The topological polar surface area (TPSA) is 390 Å². The fourth-order valence-electron chi connectivity index (χ4n) is 16.5. The van der Waals surface area contributed by atoms with Gasteiger partial charge < -0.3 is 73.2 Å². The van der Waals surface area contributed by atoms with Gasteiger partial charge in [0.2, 0.25) is 17.8 Å². The first-order valence-electron chi connectivity index (χ1n) is 51.8. The Morgan fingerprint density at radius 1 is 0.401 bits per heavy atom. The van der Waals surface area contributed by atoms with Crippen molar-refractivity contribution in [2.24, 2.45) is 5.41 Å². The van der Waals surface area contributed by atoms with Gasteiger partial charge in [-0.05, 0) is 254 Å². The summed E-state index contributed by atoms with van der Waals surface area (Å²) in [6, 6.07) is 5.33. The number of ether oxygens (including phenoxy) is 8. The molecule has 0 bridgehead atoms. The van der Waals surface area contributed by atoms with Crippen LogP contribution in [-0.2, 0) is 120 Å². The van der Waals surface area contributed by atoms with Crippen molar-refractivity contribution in [1.29, 1.82) is 0 Å². The number of anilines is 2. The zero-order chi connectivity index (χ0) is 106. The molecule has 1 unspecified atom stereocenters. The van der Waals surface area contributed by atoms with Crippen LogP contribution in [0.3, 0.4) is 0 Å². The van der Waals surface area contributed by atoms with Crippen LogP contribution >= 0.6 is 0 Å². The third-order valence-electron chi connectivity index (χ3n) is 22.5. The van der Waals surface area contributed by atoms with Gasteiger partial charge in [0, 0.05) is 142 Å². The van der Waals surface area contributed by atoms with Gasteiger partial charge in [0.1, 0.15) is 87.5 Å². The van der Waals surface area contributed by atoms with Crippen LogP contribution in [0.15, 0.2) is 49.1 Å². The highest BCUT2D eigenvalue weighted by atomic mass is 16.6. The molecular weight excluding hydrogens is 1810 g/mol. The van der Waals surface area contributed by atoms with Crippen molar-refractivity contribution in [1.82, 2.24) is 79.4 Å². The summed E-state index contributed by atoms with van der Waals surface area (Å²) in [5.41, 5.74) is -3.90. The lowest BCUT2D eigenvalue weighted by Crippen LogP contribution is -2.54. The van der Waals surface area contributed by atoms with Gasteiger partial charge in [-0.25, -0.2) is 24.4 Å². The van der Waals surface area contributed by atoms with Crippen LogP contribution in [0.2, 0.25) is 0 Å². The summed E-state index contributed by atoms with van der Waals surface area (Å²) in [6.07, 6.45) is 20.1. The second-order valence-electron chi connectivity index (χ2n) is 47.3.